The van der Waals surface area contributed by atoms with Gasteiger partial charge in [0.1, 0.15) is 5.75 Å². The molecule has 0 aromatic heterocycles. The standard InChI is InChI=1S/C17H17N3O4/c1-10(24-14-5-3-2-4-6-14)17(23)20-13-8-11(15(18)21)7-12(9-13)16(19)22/h2-10H,1H3,(H2,18,21)(H2,19,22)(H,20,23)/t10-/m1/s1. The maximum absolute atomic E-state index is 12.2. The third-order valence-electron chi connectivity index (χ3n) is 3.19. The van der Waals surface area contributed by atoms with Crippen LogP contribution in [0.25, 0.3) is 0 Å². The lowest BCUT2D eigenvalue weighted by Gasteiger charge is -2.15. The van der Waals surface area contributed by atoms with Gasteiger partial charge in [-0.2, -0.15) is 0 Å². The molecular formula is C17H17N3O4. The molecule has 0 saturated heterocycles. The number of carbonyl (C=O) groups excluding carboxylic acids is 3. The number of benzene rings is 2. The zero-order valence-corrected chi connectivity index (χ0v) is 13.0. The zero-order chi connectivity index (χ0) is 17.7. The van der Waals surface area contributed by atoms with Crippen LogP contribution >= 0.6 is 0 Å². The number of nitrogens with one attached hydrogen (secondary N) is 1. The number of hydrogen-bond acceptors (Lipinski definition) is 4. The summed E-state index contributed by atoms with van der Waals surface area (Å²) in [4.78, 5) is 34.9. The van der Waals surface area contributed by atoms with Crippen molar-refractivity contribution in [2.75, 3.05) is 5.32 Å². The summed E-state index contributed by atoms with van der Waals surface area (Å²) < 4.78 is 5.51. The maximum atomic E-state index is 12.2. The smallest absolute Gasteiger partial charge is 0.265 e. The second-order valence-electron chi connectivity index (χ2n) is 5.09. The molecule has 0 heterocycles. The third-order valence-corrected chi connectivity index (χ3v) is 3.19. The largest absolute Gasteiger partial charge is 0.481 e. The van der Waals surface area contributed by atoms with Gasteiger partial charge in [0.05, 0.1) is 0 Å². The van der Waals surface area contributed by atoms with E-state index in [4.69, 9.17) is 16.2 Å². The Morgan fingerprint density at radius 1 is 0.958 bits per heavy atom. The minimum atomic E-state index is -0.790. The summed E-state index contributed by atoms with van der Waals surface area (Å²) in [5.41, 5.74) is 10.8. The summed E-state index contributed by atoms with van der Waals surface area (Å²) >= 11 is 0. The fourth-order valence-corrected chi connectivity index (χ4v) is 1.98. The first-order valence-corrected chi connectivity index (χ1v) is 7.14. The Hall–Kier alpha value is -3.35. The van der Waals surface area contributed by atoms with Gasteiger partial charge in [0, 0.05) is 16.8 Å². The van der Waals surface area contributed by atoms with E-state index in [0.29, 0.717) is 5.75 Å². The topological polar surface area (TPSA) is 125 Å². The lowest BCUT2D eigenvalue weighted by Crippen LogP contribution is -2.30. The zero-order valence-electron chi connectivity index (χ0n) is 13.0. The van der Waals surface area contributed by atoms with E-state index in [2.05, 4.69) is 5.32 Å². The van der Waals surface area contributed by atoms with Gasteiger partial charge in [-0.1, -0.05) is 18.2 Å². The number of rotatable bonds is 6. The quantitative estimate of drug-likeness (QED) is 0.739. The van der Waals surface area contributed by atoms with Gasteiger partial charge in [0.15, 0.2) is 6.10 Å². The number of anilines is 1. The molecule has 0 aliphatic carbocycles. The van der Waals surface area contributed by atoms with Crippen molar-refractivity contribution in [3.05, 3.63) is 59.7 Å². The molecule has 3 amide bonds. The minimum Gasteiger partial charge on any atom is -0.481 e. The first-order chi connectivity index (χ1) is 11.4. The SMILES string of the molecule is C[C@@H](Oc1ccccc1)C(=O)Nc1cc(C(N)=O)cc(C(N)=O)c1. The molecule has 24 heavy (non-hydrogen) atoms. The Bertz CT molecular complexity index is 742. The van der Waals surface area contributed by atoms with Crippen molar-refractivity contribution in [2.24, 2.45) is 11.5 Å². The van der Waals surface area contributed by atoms with Gasteiger partial charge >= 0.3 is 0 Å². The molecule has 1 atom stereocenters. The minimum absolute atomic E-state index is 0.0678. The van der Waals surface area contributed by atoms with Gasteiger partial charge in [-0.05, 0) is 37.3 Å². The van der Waals surface area contributed by atoms with Crippen molar-refractivity contribution in [3.63, 3.8) is 0 Å². The highest BCUT2D eigenvalue weighted by molar-refractivity contribution is 6.02. The molecule has 124 valence electrons. The monoisotopic (exact) mass is 327 g/mol. The van der Waals surface area contributed by atoms with Crippen LogP contribution in [0.3, 0.4) is 0 Å². The Morgan fingerprint density at radius 2 is 1.50 bits per heavy atom. The van der Waals surface area contributed by atoms with E-state index in [1.54, 1.807) is 31.2 Å². The number of carbonyl (C=O) groups is 3. The molecule has 0 saturated carbocycles. The van der Waals surface area contributed by atoms with Crippen LogP contribution in [0, 0.1) is 0 Å². The van der Waals surface area contributed by atoms with Crippen LogP contribution in [0.15, 0.2) is 48.5 Å². The van der Waals surface area contributed by atoms with Crippen LogP contribution in [0.5, 0.6) is 5.75 Å². The van der Waals surface area contributed by atoms with Crippen molar-refractivity contribution < 1.29 is 19.1 Å². The number of amides is 3. The number of ether oxygens (including phenoxy) is 1. The summed E-state index contributed by atoms with van der Waals surface area (Å²) in [6.45, 7) is 1.58. The van der Waals surface area contributed by atoms with E-state index in [0.717, 1.165) is 0 Å². The van der Waals surface area contributed by atoms with Gasteiger partial charge < -0.3 is 21.5 Å². The second kappa shape index (κ2) is 7.28. The molecule has 5 N–H and O–H groups in total. The highest BCUT2D eigenvalue weighted by Gasteiger charge is 2.16. The van der Waals surface area contributed by atoms with E-state index in [1.165, 1.54) is 18.2 Å². The highest BCUT2D eigenvalue weighted by Crippen LogP contribution is 2.16. The van der Waals surface area contributed by atoms with Gasteiger partial charge in [-0.25, -0.2) is 0 Å². The Kier molecular flexibility index (Phi) is 5.16. The first kappa shape index (κ1) is 17.0. The van der Waals surface area contributed by atoms with Gasteiger partial charge in [0.25, 0.3) is 5.91 Å². The number of para-hydroxylation sites is 1. The highest BCUT2D eigenvalue weighted by atomic mass is 16.5. The summed E-state index contributed by atoms with van der Waals surface area (Å²) in [6.07, 6.45) is -0.790. The fraction of sp³-hybridized carbons (Fsp3) is 0.118. The number of hydrogen-bond donors (Lipinski definition) is 3. The van der Waals surface area contributed by atoms with Gasteiger partial charge in [-0.3, -0.25) is 14.4 Å². The first-order valence-electron chi connectivity index (χ1n) is 7.14. The maximum Gasteiger partial charge on any atom is 0.265 e. The average Bonchev–Trinajstić information content (AvgIpc) is 2.55. The third kappa shape index (κ3) is 4.33. The lowest BCUT2D eigenvalue weighted by molar-refractivity contribution is -0.122. The molecule has 2 rings (SSSR count). The van der Waals surface area contributed by atoms with Crippen molar-refractivity contribution >= 4 is 23.4 Å². The predicted octanol–water partition coefficient (Wildman–Crippen LogP) is 1.29. The van der Waals surface area contributed by atoms with E-state index in [-0.39, 0.29) is 16.8 Å². The average molecular weight is 327 g/mol. The van der Waals surface area contributed by atoms with E-state index >= 15 is 0 Å². The number of nitrogens with two attached hydrogens (primary N) is 2. The molecule has 2 aromatic carbocycles. The van der Waals surface area contributed by atoms with Crippen LogP contribution in [0.4, 0.5) is 5.69 Å². The van der Waals surface area contributed by atoms with Crippen LogP contribution in [0.2, 0.25) is 0 Å². The molecular weight excluding hydrogens is 310 g/mol. The van der Waals surface area contributed by atoms with Crippen LogP contribution in [-0.2, 0) is 4.79 Å². The Morgan fingerprint density at radius 3 is 2.00 bits per heavy atom. The molecule has 2 aromatic rings. The van der Waals surface area contributed by atoms with Crippen LogP contribution in [0.1, 0.15) is 27.6 Å². The summed E-state index contributed by atoms with van der Waals surface area (Å²) in [6, 6.07) is 12.8. The Labute approximate surface area is 138 Å². The molecule has 0 aliphatic rings. The van der Waals surface area contributed by atoms with Crippen molar-refractivity contribution in [1.82, 2.24) is 0 Å². The van der Waals surface area contributed by atoms with Crippen LogP contribution in [-0.4, -0.2) is 23.8 Å². The van der Waals surface area contributed by atoms with E-state index in [1.807, 2.05) is 6.07 Å². The summed E-state index contributed by atoms with van der Waals surface area (Å²) in [5, 5.41) is 2.57. The molecule has 7 heteroatoms. The predicted molar refractivity (Wildman–Crippen MR) is 88.6 cm³/mol. The number of primary amides is 2. The lowest BCUT2D eigenvalue weighted by atomic mass is 10.1. The molecule has 0 spiro atoms. The molecule has 7 nitrogen and oxygen atoms in total. The van der Waals surface area contributed by atoms with E-state index in [9.17, 15) is 14.4 Å². The second-order valence-corrected chi connectivity index (χ2v) is 5.09. The van der Waals surface area contributed by atoms with Gasteiger partial charge in [0.2, 0.25) is 11.8 Å². The molecule has 0 bridgehead atoms. The fourth-order valence-electron chi connectivity index (χ4n) is 1.98. The van der Waals surface area contributed by atoms with Crippen molar-refractivity contribution in [2.45, 2.75) is 13.0 Å². The molecule has 0 fully saturated rings. The van der Waals surface area contributed by atoms with Crippen molar-refractivity contribution in [3.8, 4) is 5.75 Å². The molecule has 0 aliphatic heterocycles. The van der Waals surface area contributed by atoms with Gasteiger partial charge in [-0.15, -0.1) is 0 Å². The van der Waals surface area contributed by atoms with Crippen molar-refractivity contribution in [1.29, 1.82) is 0 Å². The van der Waals surface area contributed by atoms with E-state index < -0.39 is 23.8 Å². The van der Waals surface area contributed by atoms with Crippen LogP contribution < -0.4 is 21.5 Å². The normalized spacial score (nSPS) is 11.4. The molecule has 0 unspecified atom stereocenters. The summed E-state index contributed by atoms with van der Waals surface area (Å²) in [7, 11) is 0. The Balaban J connectivity index is 2.15. The molecule has 0 radical (unpaired) electrons. The summed E-state index contributed by atoms with van der Waals surface area (Å²) in [5.74, 6) is -1.37.